The van der Waals surface area contributed by atoms with Gasteiger partial charge in [-0.25, -0.2) is 4.98 Å². The largest absolute Gasteiger partial charge is 0.474 e. The number of nitrogen functional groups attached to an aromatic ring is 1. The highest BCUT2D eigenvalue weighted by atomic mass is 16.5. The van der Waals surface area contributed by atoms with Crippen molar-refractivity contribution in [3.63, 3.8) is 0 Å². The summed E-state index contributed by atoms with van der Waals surface area (Å²) in [6.07, 6.45) is 2.81. The third kappa shape index (κ3) is 1.92. The molecule has 3 rings (SSSR count). The molecule has 2 aromatic heterocycles. The number of nitrogens with two attached hydrogens (primary N) is 1. The number of fused-ring (bicyclic) bond motifs is 1. The maximum absolute atomic E-state index is 11.1. The van der Waals surface area contributed by atoms with Crippen molar-refractivity contribution in [2.24, 2.45) is 0 Å². The van der Waals surface area contributed by atoms with Crippen molar-refractivity contribution < 1.29 is 9.53 Å². The van der Waals surface area contributed by atoms with E-state index in [4.69, 9.17) is 10.5 Å². The fraction of sp³-hybridized carbons (Fsp3) is 0.400. The van der Waals surface area contributed by atoms with Gasteiger partial charge < -0.3 is 20.8 Å². The summed E-state index contributed by atoms with van der Waals surface area (Å²) in [6.45, 7) is 0.357. The summed E-state index contributed by atoms with van der Waals surface area (Å²) in [6, 6.07) is 0.0201. The van der Waals surface area contributed by atoms with Crippen molar-refractivity contribution in [2.45, 2.75) is 18.9 Å². The molecule has 1 fully saturated rings. The highest BCUT2D eigenvalue weighted by Crippen LogP contribution is 2.20. The smallest absolute Gasteiger partial charge is 0.245 e. The summed E-state index contributed by atoms with van der Waals surface area (Å²) in [5.74, 6) is 0.522. The number of nitrogens with zero attached hydrogens (tertiary/aromatic N) is 3. The Hall–Kier alpha value is -2.38. The molecule has 18 heavy (non-hydrogen) atoms. The minimum Gasteiger partial charge on any atom is -0.474 e. The topological polar surface area (TPSA) is 119 Å². The second kappa shape index (κ2) is 4.13. The molecule has 1 atom stereocenters. The molecule has 0 saturated carbocycles. The molecule has 8 heteroatoms. The first-order valence-electron chi connectivity index (χ1n) is 5.61. The number of amides is 1. The Morgan fingerprint density at radius 2 is 2.39 bits per heavy atom. The van der Waals surface area contributed by atoms with Crippen LogP contribution >= 0.6 is 0 Å². The van der Waals surface area contributed by atoms with Gasteiger partial charge in [0.05, 0.1) is 12.4 Å². The predicted molar refractivity (Wildman–Crippen MR) is 62.8 cm³/mol. The lowest BCUT2D eigenvalue weighted by Gasteiger charge is -2.11. The number of H-pyrrole nitrogens is 1. The minimum absolute atomic E-state index is 0.0201. The van der Waals surface area contributed by atoms with Gasteiger partial charge in [-0.1, -0.05) is 0 Å². The molecule has 0 bridgehead atoms. The van der Waals surface area contributed by atoms with Gasteiger partial charge in [0, 0.05) is 6.42 Å². The number of rotatable bonds is 3. The van der Waals surface area contributed by atoms with E-state index in [2.05, 4.69) is 25.3 Å². The number of carbonyl (C=O) groups excluding carboxylic acids is 1. The van der Waals surface area contributed by atoms with E-state index in [1.54, 1.807) is 0 Å². The van der Waals surface area contributed by atoms with E-state index in [9.17, 15) is 4.79 Å². The molecule has 4 N–H and O–H groups in total. The van der Waals surface area contributed by atoms with Gasteiger partial charge in [0.25, 0.3) is 0 Å². The number of aromatic amines is 1. The van der Waals surface area contributed by atoms with Gasteiger partial charge in [-0.15, -0.1) is 0 Å². The van der Waals surface area contributed by atoms with Crippen LogP contribution in [0.15, 0.2) is 6.33 Å². The average Bonchev–Trinajstić information content (AvgIpc) is 2.94. The molecule has 0 spiro atoms. The lowest BCUT2D eigenvalue weighted by atomic mass is 10.2. The number of hydrogen-bond donors (Lipinski definition) is 3. The molecule has 0 aliphatic carbocycles. The van der Waals surface area contributed by atoms with Gasteiger partial charge in [-0.2, -0.15) is 9.97 Å². The summed E-state index contributed by atoms with van der Waals surface area (Å²) in [5.41, 5.74) is 6.63. The van der Waals surface area contributed by atoms with E-state index >= 15 is 0 Å². The maximum atomic E-state index is 11.1. The van der Waals surface area contributed by atoms with Gasteiger partial charge in [-0.05, 0) is 6.42 Å². The van der Waals surface area contributed by atoms with Gasteiger partial charge in [-0.3, -0.25) is 4.79 Å². The van der Waals surface area contributed by atoms with Crippen LogP contribution in [0.25, 0.3) is 11.2 Å². The maximum Gasteiger partial charge on any atom is 0.245 e. The number of nitrogens with one attached hydrogen (secondary N) is 2. The van der Waals surface area contributed by atoms with Crippen LogP contribution in [-0.2, 0) is 4.79 Å². The normalized spacial score (nSPS) is 19.1. The summed E-state index contributed by atoms with van der Waals surface area (Å²) >= 11 is 0. The molecule has 0 unspecified atom stereocenters. The SMILES string of the molecule is Nc1nc(OC[C@@H]2CCC(=O)N2)c2[nH]cnc2n1. The minimum atomic E-state index is 0.0201. The zero-order valence-electron chi connectivity index (χ0n) is 9.51. The third-order valence-electron chi connectivity index (χ3n) is 2.78. The number of anilines is 1. The Balaban J connectivity index is 1.77. The third-order valence-corrected chi connectivity index (χ3v) is 2.78. The van der Waals surface area contributed by atoms with Gasteiger partial charge in [0.2, 0.25) is 17.7 Å². The fourth-order valence-corrected chi connectivity index (χ4v) is 1.91. The van der Waals surface area contributed by atoms with Crippen LogP contribution in [0.4, 0.5) is 5.95 Å². The molecule has 8 nitrogen and oxygen atoms in total. The lowest BCUT2D eigenvalue weighted by Crippen LogP contribution is -2.31. The predicted octanol–water partition coefficient (Wildman–Crippen LogP) is -0.408. The zero-order valence-corrected chi connectivity index (χ0v) is 9.51. The van der Waals surface area contributed by atoms with Gasteiger partial charge >= 0.3 is 0 Å². The molecular weight excluding hydrogens is 236 g/mol. The Labute approximate surface area is 102 Å². The number of aromatic nitrogens is 4. The molecule has 3 heterocycles. The van der Waals surface area contributed by atoms with Crippen molar-refractivity contribution in [1.82, 2.24) is 25.3 Å². The Kier molecular flexibility index (Phi) is 2.47. The Morgan fingerprint density at radius 1 is 1.50 bits per heavy atom. The van der Waals surface area contributed by atoms with Gasteiger partial charge in [0.1, 0.15) is 12.1 Å². The molecule has 1 aliphatic rings. The quantitative estimate of drug-likeness (QED) is 0.679. The Morgan fingerprint density at radius 3 is 3.17 bits per heavy atom. The van der Waals surface area contributed by atoms with E-state index in [1.807, 2.05) is 0 Å². The van der Waals surface area contributed by atoms with Crippen LogP contribution in [0.3, 0.4) is 0 Å². The Bertz CT molecular complexity index is 595. The molecule has 0 radical (unpaired) electrons. The van der Waals surface area contributed by atoms with Crippen LogP contribution in [0.2, 0.25) is 0 Å². The summed E-state index contributed by atoms with van der Waals surface area (Å²) in [5, 5.41) is 2.82. The first kappa shape index (κ1) is 10.8. The van der Waals surface area contributed by atoms with E-state index in [0.717, 1.165) is 6.42 Å². The first-order valence-corrected chi connectivity index (χ1v) is 5.61. The molecule has 1 aliphatic heterocycles. The van der Waals surface area contributed by atoms with Crippen LogP contribution < -0.4 is 15.8 Å². The van der Waals surface area contributed by atoms with Crippen molar-refractivity contribution >= 4 is 23.0 Å². The molecule has 1 saturated heterocycles. The first-order chi connectivity index (χ1) is 8.72. The van der Waals surface area contributed by atoms with E-state index in [1.165, 1.54) is 6.33 Å². The summed E-state index contributed by atoms with van der Waals surface area (Å²) < 4.78 is 5.57. The van der Waals surface area contributed by atoms with Crippen molar-refractivity contribution in [3.8, 4) is 5.88 Å². The number of imidazole rings is 1. The molecule has 94 valence electrons. The average molecular weight is 248 g/mol. The van der Waals surface area contributed by atoms with E-state index < -0.39 is 0 Å². The molecular formula is C10H12N6O2. The monoisotopic (exact) mass is 248 g/mol. The zero-order chi connectivity index (χ0) is 12.5. The molecule has 2 aromatic rings. The van der Waals surface area contributed by atoms with Crippen LogP contribution in [0.1, 0.15) is 12.8 Å². The van der Waals surface area contributed by atoms with Gasteiger partial charge in [0.15, 0.2) is 5.65 Å². The number of ether oxygens (including phenoxy) is 1. The van der Waals surface area contributed by atoms with Crippen molar-refractivity contribution in [1.29, 1.82) is 0 Å². The molecule has 1 amide bonds. The lowest BCUT2D eigenvalue weighted by molar-refractivity contribution is -0.119. The highest BCUT2D eigenvalue weighted by molar-refractivity contribution is 5.78. The summed E-state index contributed by atoms with van der Waals surface area (Å²) in [4.78, 5) is 25.9. The van der Waals surface area contributed by atoms with Crippen molar-refractivity contribution in [2.75, 3.05) is 12.3 Å². The summed E-state index contributed by atoms with van der Waals surface area (Å²) in [7, 11) is 0. The van der Waals surface area contributed by atoms with E-state index in [-0.39, 0.29) is 17.9 Å². The van der Waals surface area contributed by atoms with E-state index in [0.29, 0.717) is 30.1 Å². The number of carbonyl (C=O) groups is 1. The highest BCUT2D eigenvalue weighted by Gasteiger charge is 2.22. The standard InChI is InChI=1S/C10H12N6O2/c11-10-15-8-7(12-4-13-8)9(16-10)18-3-5-1-2-6(17)14-5/h4-5H,1-3H2,(H,14,17)(H3,11,12,13,15,16)/t5-/m0/s1. The second-order valence-corrected chi connectivity index (χ2v) is 4.10. The molecule has 0 aromatic carbocycles. The number of hydrogen-bond acceptors (Lipinski definition) is 6. The fourth-order valence-electron chi connectivity index (χ4n) is 1.91. The van der Waals surface area contributed by atoms with Crippen molar-refractivity contribution in [3.05, 3.63) is 6.33 Å². The second-order valence-electron chi connectivity index (χ2n) is 4.10. The van der Waals surface area contributed by atoms with Crippen LogP contribution in [-0.4, -0.2) is 38.5 Å². The van der Waals surface area contributed by atoms with Crippen LogP contribution in [0, 0.1) is 0 Å². The van der Waals surface area contributed by atoms with Crippen LogP contribution in [0.5, 0.6) is 5.88 Å².